The van der Waals surface area contributed by atoms with E-state index >= 15 is 0 Å². The van der Waals surface area contributed by atoms with E-state index in [1.54, 1.807) is 0 Å². The standard InChI is InChI=1S/C28H39N11.ClH/c1-20(2)38-19-32-25-26(33-28(34-27(25)38)37-12-7-22(29)8-13-37)31-17-21-5-3-4-6-24(21)39-14-9-23(35-39)18-36-15-10-30-11-16-36;/h3-6,9,14,19-20,22,30H,7-8,10-13,15-18,29H2,1-2H3,(H,31,33,34);1H. The molecule has 2 aliphatic rings. The number of benzene rings is 1. The number of fused-ring (bicyclic) bond motifs is 1. The monoisotopic (exact) mass is 565 g/mol. The minimum absolute atomic E-state index is 0. The zero-order valence-electron chi connectivity index (χ0n) is 23.3. The van der Waals surface area contributed by atoms with Crippen LogP contribution in [0.2, 0.25) is 0 Å². The lowest BCUT2D eigenvalue weighted by atomic mass is 10.1. The van der Waals surface area contributed by atoms with Gasteiger partial charge >= 0.3 is 0 Å². The number of hydrogen-bond donors (Lipinski definition) is 3. The van der Waals surface area contributed by atoms with E-state index in [-0.39, 0.29) is 24.5 Å². The Bertz CT molecular complexity index is 1400. The second-order valence-corrected chi connectivity index (χ2v) is 10.9. The summed E-state index contributed by atoms with van der Waals surface area (Å²) in [6, 6.07) is 11.0. The number of para-hydroxylation sites is 1. The van der Waals surface area contributed by atoms with Gasteiger partial charge in [0.15, 0.2) is 17.0 Å². The van der Waals surface area contributed by atoms with Gasteiger partial charge in [0.25, 0.3) is 0 Å². The van der Waals surface area contributed by atoms with E-state index in [2.05, 4.69) is 75.4 Å². The number of nitrogens with one attached hydrogen (secondary N) is 2. The van der Waals surface area contributed by atoms with E-state index in [0.717, 1.165) is 98.5 Å². The second-order valence-electron chi connectivity index (χ2n) is 10.9. The van der Waals surface area contributed by atoms with Crippen LogP contribution in [0.4, 0.5) is 11.8 Å². The number of nitrogens with zero attached hydrogens (tertiary/aromatic N) is 8. The first kappa shape index (κ1) is 28.3. The van der Waals surface area contributed by atoms with Gasteiger partial charge in [-0.1, -0.05) is 18.2 Å². The van der Waals surface area contributed by atoms with E-state index in [0.29, 0.717) is 6.54 Å². The van der Waals surface area contributed by atoms with Crippen molar-refractivity contribution in [1.82, 2.24) is 39.5 Å². The fourth-order valence-corrected chi connectivity index (χ4v) is 5.39. The number of piperidine rings is 1. The maximum absolute atomic E-state index is 6.16. The molecule has 214 valence electrons. The Labute approximate surface area is 241 Å². The molecule has 12 heteroatoms. The molecule has 0 aliphatic carbocycles. The van der Waals surface area contributed by atoms with Crippen LogP contribution in [0.15, 0.2) is 42.9 Å². The van der Waals surface area contributed by atoms with Crippen molar-refractivity contribution < 1.29 is 0 Å². The first-order chi connectivity index (χ1) is 19.0. The third-order valence-electron chi connectivity index (χ3n) is 7.71. The summed E-state index contributed by atoms with van der Waals surface area (Å²) in [6.07, 6.45) is 5.81. The van der Waals surface area contributed by atoms with E-state index in [1.165, 1.54) is 0 Å². The smallest absolute Gasteiger partial charge is 0.229 e. The summed E-state index contributed by atoms with van der Waals surface area (Å²) in [5.74, 6) is 1.48. The van der Waals surface area contributed by atoms with E-state index in [4.69, 9.17) is 25.8 Å². The third-order valence-corrected chi connectivity index (χ3v) is 7.71. The Kier molecular flexibility index (Phi) is 8.84. The molecule has 0 radical (unpaired) electrons. The molecule has 0 bridgehead atoms. The van der Waals surface area contributed by atoms with Gasteiger partial charge in [0.2, 0.25) is 5.95 Å². The summed E-state index contributed by atoms with van der Waals surface area (Å²) in [4.78, 5) is 19.3. The van der Waals surface area contributed by atoms with Gasteiger partial charge in [-0.15, -0.1) is 12.4 Å². The number of halogens is 1. The van der Waals surface area contributed by atoms with E-state index < -0.39 is 0 Å². The predicted octanol–water partition coefficient (Wildman–Crippen LogP) is 2.96. The van der Waals surface area contributed by atoms with Crippen LogP contribution in [0.25, 0.3) is 16.9 Å². The van der Waals surface area contributed by atoms with Crippen molar-refractivity contribution in [2.45, 2.75) is 51.9 Å². The topological polar surface area (TPSA) is 118 Å². The van der Waals surface area contributed by atoms with Gasteiger partial charge in [-0.25, -0.2) is 9.67 Å². The Balaban J connectivity index is 0.00000323. The van der Waals surface area contributed by atoms with Gasteiger partial charge in [0, 0.05) is 70.6 Å². The Morgan fingerprint density at radius 3 is 2.60 bits per heavy atom. The molecule has 4 N–H and O–H groups in total. The van der Waals surface area contributed by atoms with Crippen LogP contribution >= 0.6 is 12.4 Å². The normalized spacial score (nSPS) is 16.9. The zero-order valence-corrected chi connectivity index (χ0v) is 24.1. The van der Waals surface area contributed by atoms with Crippen LogP contribution < -0.4 is 21.3 Å². The molecule has 1 aromatic carbocycles. The van der Waals surface area contributed by atoms with Gasteiger partial charge < -0.3 is 25.8 Å². The minimum Gasteiger partial charge on any atom is -0.364 e. The van der Waals surface area contributed by atoms with Gasteiger partial charge in [0.05, 0.1) is 17.7 Å². The average Bonchev–Trinajstić information content (AvgIpc) is 3.60. The average molecular weight is 566 g/mol. The van der Waals surface area contributed by atoms with Crippen LogP contribution in [0.1, 0.15) is 44.0 Å². The molecule has 11 nitrogen and oxygen atoms in total. The van der Waals surface area contributed by atoms with Crippen LogP contribution in [0.3, 0.4) is 0 Å². The Morgan fingerprint density at radius 1 is 1.05 bits per heavy atom. The quantitative estimate of drug-likeness (QED) is 0.296. The molecule has 2 aliphatic heterocycles. The highest BCUT2D eigenvalue weighted by atomic mass is 35.5. The molecule has 0 atom stereocenters. The van der Waals surface area contributed by atoms with Crippen molar-refractivity contribution in [1.29, 1.82) is 0 Å². The molecule has 2 saturated heterocycles. The molecule has 0 spiro atoms. The van der Waals surface area contributed by atoms with E-state index in [9.17, 15) is 0 Å². The lowest BCUT2D eigenvalue weighted by molar-refractivity contribution is 0.230. The molecule has 0 saturated carbocycles. The SMILES string of the molecule is CC(C)n1cnc2c(NCc3ccccc3-n3ccc(CN4CCNCC4)n3)nc(N3CCC(N)CC3)nc21.Cl. The van der Waals surface area contributed by atoms with Gasteiger partial charge in [0.1, 0.15) is 0 Å². The van der Waals surface area contributed by atoms with Crippen LogP contribution in [-0.4, -0.2) is 79.5 Å². The minimum atomic E-state index is 0. The predicted molar refractivity (Wildman–Crippen MR) is 161 cm³/mol. The molecule has 6 rings (SSSR count). The van der Waals surface area contributed by atoms with Crippen molar-refractivity contribution >= 4 is 35.3 Å². The van der Waals surface area contributed by atoms with E-state index in [1.807, 2.05) is 11.0 Å². The fourth-order valence-electron chi connectivity index (χ4n) is 5.39. The van der Waals surface area contributed by atoms with Gasteiger partial charge in [-0.2, -0.15) is 15.1 Å². The van der Waals surface area contributed by atoms with Gasteiger partial charge in [-0.05, 0) is 44.4 Å². The summed E-state index contributed by atoms with van der Waals surface area (Å²) < 4.78 is 4.10. The van der Waals surface area contributed by atoms with Gasteiger partial charge in [-0.3, -0.25) is 4.90 Å². The summed E-state index contributed by atoms with van der Waals surface area (Å²) in [5, 5.41) is 11.9. The van der Waals surface area contributed by atoms with Crippen molar-refractivity contribution in [3.8, 4) is 5.69 Å². The molecular formula is C28H40ClN11. The van der Waals surface area contributed by atoms with Crippen LogP contribution in [0.5, 0.6) is 0 Å². The maximum atomic E-state index is 6.16. The maximum Gasteiger partial charge on any atom is 0.229 e. The van der Waals surface area contributed by atoms with Crippen molar-refractivity contribution in [3.05, 3.63) is 54.1 Å². The fraction of sp³-hybridized carbons (Fsp3) is 0.500. The molecule has 2 fully saturated rings. The molecular weight excluding hydrogens is 526 g/mol. The highest BCUT2D eigenvalue weighted by Crippen LogP contribution is 2.27. The summed E-state index contributed by atoms with van der Waals surface area (Å²) in [7, 11) is 0. The van der Waals surface area contributed by atoms with Crippen molar-refractivity contribution in [3.63, 3.8) is 0 Å². The largest absolute Gasteiger partial charge is 0.364 e. The number of aromatic nitrogens is 6. The summed E-state index contributed by atoms with van der Waals surface area (Å²) in [6.45, 7) is 11.7. The number of imidazole rings is 1. The van der Waals surface area contributed by atoms with Crippen molar-refractivity contribution in [2.24, 2.45) is 5.73 Å². The number of hydrogen-bond acceptors (Lipinski definition) is 9. The number of rotatable bonds is 8. The lowest BCUT2D eigenvalue weighted by Crippen LogP contribution is -2.42. The number of anilines is 2. The first-order valence-electron chi connectivity index (χ1n) is 14.1. The molecule has 4 aromatic rings. The summed E-state index contributed by atoms with van der Waals surface area (Å²) in [5.41, 5.74) is 11.1. The summed E-state index contributed by atoms with van der Waals surface area (Å²) >= 11 is 0. The molecule has 3 aromatic heterocycles. The number of piperazine rings is 1. The zero-order chi connectivity index (χ0) is 26.8. The second kappa shape index (κ2) is 12.5. The highest BCUT2D eigenvalue weighted by Gasteiger charge is 2.22. The first-order valence-corrected chi connectivity index (χ1v) is 14.1. The molecule has 40 heavy (non-hydrogen) atoms. The number of nitrogens with two attached hydrogens (primary N) is 1. The third kappa shape index (κ3) is 6.07. The van der Waals surface area contributed by atoms with Crippen molar-refractivity contribution in [2.75, 3.05) is 49.5 Å². The molecule has 0 amide bonds. The molecule has 5 heterocycles. The Morgan fingerprint density at radius 2 is 1.82 bits per heavy atom. The highest BCUT2D eigenvalue weighted by molar-refractivity contribution is 5.85. The molecule has 0 unspecified atom stereocenters. The lowest BCUT2D eigenvalue weighted by Gasteiger charge is -2.30. The van der Waals surface area contributed by atoms with Crippen LogP contribution in [-0.2, 0) is 13.1 Å². The Hall–Kier alpha value is -3.25. The van der Waals surface area contributed by atoms with Crippen LogP contribution in [0, 0.1) is 0 Å².